The van der Waals surface area contributed by atoms with Gasteiger partial charge >= 0.3 is 0 Å². The summed E-state index contributed by atoms with van der Waals surface area (Å²) < 4.78 is 44.2. The second kappa shape index (κ2) is 9.11. The number of benzene rings is 1. The molecule has 2 aromatic rings. The highest BCUT2D eigenvalue weighted by molar-refractivity contribution is 7.89. The van der Waals surface area contributed by atoms with Crippen LogP contribution in [0.15, 0.2) is 27.6 Å². The maximum Gasteiger partial charge on any atom is 0.243 e. The first-order chi connectivity index (χ1) is 15.3. The van der Waals surface area contributed by atoms with Gasteiger partial charge in [0.15, 0.2) is 11.5 Å². The van der Waals surface area contributed by atoms with Gasteiger partial charge in [-0.05, 0) is 38.8 Å². The predicted octanol–water partition coefficient (Wildman–Crippen LogP) is 2.51. The first-order valence-electron chi connectivity index (χ1n) is 10.8. The van der Waals surface area contributed by atoms with Crippen molar-refractivity contribution < 1.29 is 27.2 Å². The lowest BCUT2D eigenvalue weighted by Crippen LogP contribution is -2.43. The molecule has 1 amide bonds. The Morgan fingerprint density at radius 1 is 1.16 bits per heavy atom. The molecule has 0 atom stereocenters. The number of aryl methyl sites for hydroxylation is 2. The van der Waals surface area contributed by atoms with Crippen LogP contribution in [0.25, 0.3) is 0 Å². The average molecular weight is 464 g/mol. The van der Waals surface area contributed by atoms with E-state index in [1.54, 1.807) is 24.1 Å². The number of sulfonamides is 1. The van der Waals surface area contributed by atoms with Crippen molar-refractivity contribution in [1.29, 1.82) is 0 Å². The lowest BCUT2D eigenvalue weighted by atomic mass is 9.96. The van der Waals surface area contributed by atoms with Gasteiger partial charge in [-0.15, -0.1) is 0 Å². The van der Waals surface area contributed by atoms with Crippen LogP contribution < -0.4 is 9.47 Å². The van der Waals surface area contributed by atoms with E-state index in [1.807, 2.05) is 13.8 Å². The molecule has 0 aliphatic carbocycles. The Bertz CT molecular complexity index is 1070. The van der Waals surface area contributed by atoms with Crippen LogP contribution in [0.3, 0.4) is 0 Å². The third kappa shape index (κ3) is 4.47. The SMILES string of the molecule is Cc1noc(C)c1CN(C)C(=O)C1CCN(S(=O)(=O)c2ccc3c(c2)OCCCO3)CC1. The Morgan fingerprint density at radius 3 is 2.50 bits per heavy atom. The molecule has 0 N–H and O–H groups in total. The van der Waals surface area contributed by atoms with Crippen LogP contribution in [0.2, 0.25) is 0 Å². The average Bonchev–Trinajstić information content (AvgIpc) is 2.97. The van der Waals surface area contributed by atoms with E-state index in [2.05, 4.69) is 5.16 Å². The van der Waals surface area contributed by atoms with Gasteiger partial charge in [-0.2, -0.15) is 4.31 Å². The Labute approximate surface area is 188 Å². The number of nitrogens with zero attached hydrogens (tertiary/aromatic N) is 3. The Balaban J connectivity index is 1.39. The van der Waals surface area contributed by atoms with E-state index >= 15 is 0 Å². The molecule has 1 saturated heterocycles. The fourth-order valence-corrected chi connectivity index (χ4v) is 5.64. The summed E-state index contributed by atoms with van der Waals surface area (Å²) in [4.78, 5) is 14.8. The fourth-order valence-electron chi connectivity index (χ4n) is 4.15. The summed E-state index contributed by atoms with van der Waals surface area (Å²) in [6, 6.07) is 4.73. The fraction of sp³-hybridized carbons (Fsp3) is 0.545. The summed E-state index contributed by atoms with van der Waals surface area (Å²) in [6.07, 6.45) is 1.71. The molecular weight excluding hydrogens is 434 g/mol. The Hall–Kier alpha value is -2.59. The molecule has 32 heavy (non-hydrogen) atoms. The van der Waals surface area contributed by atoms with Crippen LogP contribution in [0, 0.1) is 19.8 Å². The van der Waals surface area contributed by atoms with E-state index in [0.717, 1.165) is 17.7 Å². The molecule has 0 unspecified atom stereocenters. The van der Waals surface area contributed by atoms with Crippen molar-refractivity contribution in [2.24, 2.45) is 5.92 Å². The molecule has 9 nitrogen and oxygen atoms in total. The largest absolute Gasteiger partial charge is 0.490 e. The van der Waals surface area contributed by atoms with Gasteiger partial charge in [0.1, 0.15) is 5.76 Å². The van der Waals surface area contributed by atoms with Gasteiger partial charge in [0.05, 0.1) is 30.3 Å². The Kier molecular flexibility index (Phi) is 6.43. The third-order valence-corrected chi connectivity index (χ3v) is 8.01. The molecule has 2 aliphatic rings. The molecule has 0 radical (unpaired) electrons. The lowest BCUT2D eigenvalue weighted by molar-refractivity contribution is -0.135. The molecule has 0 saturated carbocycles. The van der Waals surface area contributed by atoms with Gasteiger partial charge in [-0.25, -0.2) is 8.42 Å². The van der Waals surface area contributed by atoms with E-state index in [1.165, 1.54) is 10.4 Å². The molecule has 4 rings (SSSR count). The first kappa shape index (κ1) is 22.6. The van der Waals surface area contributed by atoms with Gasteiger partial charge in [0, 0.05) is 44.1 Å². The second-order valence-electron chi connectivity index (χ2n) is 8.33. The van der Waals surface area contributed by atoms with Crippen LogP contribution in [0.1, 0.15) is 36.3 Å². The smallest absolute Gasteiger partial charge is 0.243 e. The summed E-state index contributed by atoms with van der Waals surface area (Å²) in [5.74, 6) is 1.52. The number of hydrogen-bond acceptors (Lipinski definition) is 7. The van der Waals surface area contributed by atoms with Gasteiger partial charge < -0.3 is 18.9 Å². The van der Waals surface area contributed by atoms with Gasteiger partial charge in [-0.1, -0.05) is 5.16 Å². The lowest BCUT2D eigenvalue weighted by Gasteiger charge is -2.32. The van der Waals surface area contributed by atoms with E-state index in [-0.39, 0.29) is 16.7 Å². The minimum absolute atomic E-state index is 0.0117. The van der Waals surface area contributed by atoms with E-state index in [0.29, 0.717) is 62.9 Å². The number of ether oxygens (including phenoxy) is 2. The summed E-state index contributed by atoms with van der Waals surface area (Å²) in [7, 11) is -1.92. The summed E-state index contributed by atoms with van der Waals surface area (Å²) >= 11 is 0. The van der Waals surface area contributed by atoms with Crippen molar-refractivity contribution in [3.63, 3.8) is 0 Å². The normalized spacial score (nSPS) is 17.7. The van der Waals surface area contributed by atoms with Gasteiger partial charge in [0.25, 0.3) is 0 Å². The number of aromatic nitrogens is 1. The molecule has 1 fully saturated rings. The van der Waals surface area contributed by atoms with Crippen LogP contribution >= 0.6 is 0 Å². The predicted molar refractivity (Wildman–Crippen MR) is 116 cm³/mol. The van der Waals surface area contributed by atoms with Crippen molar-refractivity contribution in [2.75, 3.05) is 33.4 Å². The molecule has 1 aromatic heterocycles. The number of hydrogen-bond donors (Lipinski definition) is 0. The van der Waals surface area contributed by atoms with Crippen LogP contribution in [0.4, 0.5) is 0 Å². The molecule has 10 heteroatoms. The van der Waals surface area contributed by atoms with E-state index in [9.17, 15) is 13.2 Å². The minimum Gasteiger partial charge on any atom is -0.490 e. The van der Waals surface area contributed by atoms with Crippen molar-refractivity contribution in [3.05, 3.63) is 35.2 Å². The second-order valence-corrected chi connectivity index (χ2v) is 10.3. The molecule has 2 aliphatic heterocycles. The highest BCUT2D eigenvalue weighted by atomic mass is 32.2. The first-order valence-corrected chi connectivity index (χ1v) is 12.3. The minimum atomic E-state index is -3.68. The van der Waals surface area contributed by atoms with E-state index < -0.39 is 10.0 Å². The van der Waals surface area contributed by atoms with E-state index in [4.69, 9.17) is 14.0 Å². The van der Waals surface area contributed by atoms with Crippen molar-refractivity contribution >= 4 is 15.9 Å². The summed E-state index contributed by atoms with van der Waals surface area (Å²) in [5.41, 5.74) is 1.69. The van der Waals surface area contributed by atoms with Crippen molar-refractivity contribution in [1.82, 2.24) is 14.4 Å². The highest BCUT2D eigenvalue weighted by Gasteiger charge is 2.34. The number of fused-ring (bicyclic) bond motifs is 1. The summed E-state index contributed by atoms with van der Waals surface area (Å²) in [6.45, 7) is 5.74. The third-order valence-electron chi connectivity index (χ3n) is 6.11. The zero-order valence-electron chi connectivity index (χ0n) is 18.7. The van der Waals surface area contributed by atoms with Crippen molar-refractivity contribution in [3.8, 4) is 11.5 Å². The molecule has 174 valence electrons. The molecule has 0 spiro atoms. The number of piperidine rings is 1. The molecule has 0 bridgehead atoms. The van der Waals surface area contributed by atoms with Crippen LogP contribution in [0.5, 0.6) is 11.5 Å². The monoisotopic (exact) mass is 463 g/mol. The number of amides is 1. The number of rotatable bonds is 5. The molecule has 3 heterocycles. The van der Waals surface area contributed by atoms with Crippen LogP contribution in [-0.4, -0.2) is 62.0 Å². The Morgan fingerprint density at radius 2 is 1.84 bits per heavy atom. The van der Waals surface area contributed by atoms with Crippen molar-refractivity contribution in [2.45, 2.75) is 44.6 Å². The molecular formula is C22H29N3O6S. The molecule has 1 aromatic carbocycles. The quantitative estimate of drug-likeness (QED) is 0.671. The zero-order chi connectivity index (χ0) is 22.9. The number of carbonyl (C=O) groups excluding carboxylic acids is 1. The maximum atomic E-state index is 13.2. The van der Waals surface area contributed by atoms with Crippen LogP contribution in [-0.2, 0) is 21.4 Å². The van der Waals surface area contributed by atoms with Gasteiger partial charge in [-0.3, -0.25) is 4.79 Å². The zero-order valence-corrected chi connectivity index (χ0v) is 19.5. The summed E-state index contributed by atoms with van der Waals surface area (Å²) in [5, 5.41) is 3.94. The maximum absolute atomic E-state index is 13.2. The number of carbonyl (C=O) groups is 1. The highest BCUT2D eigenvalue weighted by Crippen LogP contribution is 2.34. The topological polar surface area (TPSA) is 102 Å². The van der Waals surface area contributed by atoms with Gasteiger partial charge in [0.2, 0.25) is 15.9 Å². The standard InChI is InChI=1S/C22H29N3O6S/c1-15-19(16(2)31-23-15)14-24(3)22(26)17-7-9-25(10-8-17)32(27,28)18-5-6-20-21(13-18)30-12-4-11-29-20/h5-6,13,17H,4,7-12,14H2,1-3H3.